The van der Waals surface area contributed by atoms with Gasteiger partial charge in [0.2, 0.25) is 0 Å². The summed E-state index contributed by atoms with van der Waals surface area (Å²) in [5.74, 6) is -1.02. The zero-order chi connectivity index (χ0) is 13.3. The van der Waals surface area contributed by atoms with Crippen molar-refractivity contribution in [2.75, 3.05) is 11.9 Å². The lowest BCUT2D eigenvalue weighted by molar-refractivity contribution is 0.0697. The van der Waals surface area contributed by atoms with Crippen molar-refractivity contribution in [1.29, 1.82) is 0 Å². The first-order valence-electron chi connectivity index (χ1n) is 5.44. The number of anilines is 1. The number of carbonyl (C=O) groups is 1. The molecule has 6 nitrogen and oxygen atoms in total. The van der Waals surface area contributed by atoms with E-state index in [1.165, 1.54) is 12.1 Å². The molecular weight excluding hydrogens is 236 g/mol. The van der Waals surface area contributed by atoms with E-state index in [-0.39, 0.29) is 18.2 Å². The Hall–Kier alpha value is -2.08. The summed E-state index contributed by atoms with van der Waals surface area (Å²) in [5.41, 5.74) is 0.547. The predicted molar refractivity (Wildman–Crippen MR) is 65.8 cm³/mol. The second-order valence-corrected chi connectivity index (χ2v) is 4.67. The minimum absolute atomic E-state index is 0.0773. The SMILES string of the molecule is CC(C)(CO)Nc1nc2ccc(C(=O)O)cc2o1. The predicted octanol–water partition coefficient (Wildman–Crippen LogP) is 1.71. The summed E-state index contributed by atoms with van der Waals surface area (Å²) >= 11 is 0. The van der Waals surface area contributed by atoms with Gasteiger partial charge in [-0.1, -0.05) is 0 Å². The summed E-state index contributed by atoms with van der Waals surface area (Å²) in [6.45, 7) is 3.52. The van der Waals surface area contributed by atoms with Crippen LogP contribution in [-0.2, 0) is 0 Å². The lowest BCUT2D eigenvalue weighted by Crippen LogP contribution is -2.34. The van der Waals surface area contributed by atoms with Gasteiger partial charge in [-0.25, -0.2) is 4.79 Å². The molecule has 2 rings (SSSR count). The molecule has 0 saturated carbocycles. The van der Waals surface area contributed by atoms with Crippen LogP contribution in [0.15, 0.2) is 22.6 Å². The second kappa shape index (κ2) is 4.30. The van der Waals surface area contributed by atoms with Crippen molar-refractivity contribution in [2.24, 2.45) is 0 Å². The molecule has 0 atom stereocenters. The molecule has 1 heterocycles. The molecule has 1 aromatic carbocycles. The Kier molecular flexibility index (Phi) is 2.96. The summed E-state index contributed by atoms with van der Waals surface area (Å²) < 4.78 is 5.40. The van der Waals surface area contributed by atoms with E-state index in [0.29, 0.717) is 11.1 Å². The number of hydrogen-bond donors (Lipinski definition) is 3. The maximum Gasteiger partial charge on any atom is 0.335 e. The van der Waals surface area contributed by atoms with E-state index in [4.69, 9.17) is 14.6 Å². The average Bonchev–Trinajstić information content (AvgIpc) is 2.68. The van der Waals surface area contributed by atoms with E-state index in [9.17, 15) is 4.79 Å². The van der Waals surface area contributed by atoms with E-state index >= 15 is 0 Å². The first-order chi connectivity index (χ1) is 8.41. The number of carboxylic acids is 1. The molecule has 2 aromatic rings. The lowest BCUT2D eigenvalue weighted by Gasteiger charge is -2.21. The Morgan fingerprint density at radius 3 is 2.83 bits per heavy atom. The van der Waals surface area contributed by atoms with Gasteiger partial charge in [-0.2, -0.15) is 4.98 Å². The Morgan fingerprint density at radius 2 is 2.22 bits per heavy atom. The molecule has 0 aliphatic rings. The molecular formula is C12H14N2O4. The monoisotopic (exact) mass is 250 g/mol. The van der Waals surface area contributed by atoms with Crippen LogP contribution >= 0.6 is 0 Å². The summed E-state index contributed by atoms with van der Waals surface area (Å²) in [5, 5.41) is 20.9. The zero-order valence-electron chi connectivity index (χ0n) is 10.1. The van der Waals surface area contributed by atoms with Crippen LogP contribution in [0, 0.1) is 0 Å². The van der Waals surface area contributed by atoms with Gasteiger partial charge in [0.15, 0.2) is 5.58 Å². The van der Waals surface area contributed by atoms with Crippen molar-refractivity contribution in [2.45, 2.75) is 19.4 Å². The van der Waals surface area contributed by atoms with Crippen LogP contribution in [-0.4, -0.2) is 33.3 Å². The van der Waals surface area contributed by atoms with Crippen LogP contribution in [0.5, 0.6) is 0 Å². The first kappa shape index (κ1) is 12.4. The molecule has 0 bridgehead atoms. The number of aromatic nitrogens is 1. The van der Waals surface area contributed by atoms with Crippen LogP contribution in [0.3, 0.4) is 0 Å². The lowest BCUT2D eigenvalue weighted by atomic mass is 10.1. The van der Waals surface area contributed by atoms with Crippen molar-refractivity contribution in [3.63, 3.8) is 0 Å². The largest absolute Gasteiger partial charge is 0.478 e. The molecule has 0 radical (unpaired) electrons. The Bertz CT molecular complexity index is 589. The van der Waals surface area contributed by atoms with Gasteiger partial charge in [0.25, 0.3) is 6.01 Å². The number of aliphatic hydroxyl groups excluding tert-OH is 1. The Balaban J connectivity index is 2.35. The molecule has 0 fully saturated rings. The second-order valence-electron chi connectivity index (χ2n) is 4.67. The van der Waals surface area contributed by atoms with Crippen molar-refractivity contribution in [3.05, 3.63) is 23.8 Å². The van der Waals surface area contributed by atoms with E-state index < -0.39 is 11.5 Å². The van der Waals surface area contributed by atoms with Gasteiger partial charge in [-0.3, -0.25) is 0 Å². The maximum absolute atomic E-state index is 10.8. The standard InChI is InChI=1S/C12H14N2O4/c1-12(2,6-15)14-11-13-8-4-3-7(10(16)17)5-9(8)18-11/h3-5,15H,6H2,1-2H3,(H,13,14)(H,16,17). The summed E-state index contributed by atoms with van der Waals surface area (Å²) in [6, 6.07) is 4.72. The fourth-order valence-corrected chi connectivity index (χ4v) is 1.44. The summed E-state index contributed by atoms with van der Waals surface area (Å²) in [7, 11) is 0. The summed E-state index contributed by atoms with van der Waals surface area (Å²) in [4.78, 5) is 15.0. The summed E-state index contributed by atoms with van der Waals surface area (Å²) in [6.07, 6.45) is 0. The molecule has 0 unspecified atom stereocenters. The van der Waals surface area contributed by atoms with Gasteiger partial charge >= 0.3 is 5.97 Å². The first-order valence-corrected chi connectivity index (χ1v) is 5.44. The van der Waals surface area contributed by atoms with Gasteiger partial charge in [0.1, 0.15) is 5.52 Å². The van der Waals surface area contributed by atoms with E-state index in [2.05, 4.69) is 10.3 Å². The van der Waals surface area contributed by atoms with Crippen molar-refractivity contribution < 1.29 is 19.4 Å². The fourth-order valence-electron chi connectivity index (χ4n) is 1.44. The minimum atomic E-state index is -1.02. The normalized spacial score (nSPS) is 11.7. The van der Waals surface area contributed by atoms with E-state index in [1.54, 1.807) is 19.9 Å². The maximum atomic E-state index is 10.8. The zero-order valence-corrected chi connectivity index (χ0v) is 10.1. The van der Waals surface area contributed by atoms with Crippen LogP contribution < -0.4 is 5.32 Å². The highest BCUT2D eigenvalue weighted by Crippen LogP contribution is 2.22. The number of aliphatic hydroxyl groups is 1. The van der Waals surface area contributed by atoms with Crippen LogP contribution in [0.25, 0.3) is 11.1 Å². The number of nitrogens with one attached hydrogen (secondary N) is 1. The van der Waals surface area contributed by atoms with Crippen LogP contribution in [0.2, 0.25) is 0 Å². The molecule has 96 valence electrons. The number of fused-ring (bicyclic) bond motifs is 1. The molecule has 1 aromatic heterocycles. The number of benzene rings is 1. The number of hydrogen-bond acceptors (Lipinski definition) is 5. The molecule has 0 amide bonds. The topological polar surface area (TPSA) is 95.6 Å². The Morgan fingerprint density at radius 1 is 1.50 bits per heavy atom. The number of aromatic carboxylic acids is 1. The van der Waals surface area contributed by atoms with Crippen molar-refractivity contribution in [3.8, 4) is 0 Å². The van der Waals surface area contributed by atoms with Gasteiger partial charge in [-0.15, -0.1) is 0 Å². The molecule has 3 N–H and O–H groups in total. The number of nitrogens with zero attached hydrogens (tertiary/aromatic N) is 1. The smallest absolute Gasteiger partial charge is 0.335 e. The van der Waals surface area contributed by atoms with Crippen molar-refractivity contribution >= 4 is 23.1 Å². The van der Waals surface area contributed by atoms with Gasteiger partial charge < -0.3 is 19.9 Å². The molecule has 0 aliphatic heterocycles. The molecule has 6 heteroatoms. The quantitative estimate of drug-likeness (QED) is 0.764. The highest BCUT2D eigenvalue weighted by molar-refractivity contribution is 5.92. The third kappa shape index (κ3) is 2.43. The van der Waals surface area contributed by atoms with Gasteiger partial charge in [0.05, 0.1) is 17.7 Å². The van der Waals surface area contributed by atoms with E-state index in [0.717, 1.165) is 0 Å². The third-order valence-electron chi connectivity index (χ3n) is 2.48. The minimum Gasteiger partial charge on any atom is -0.478 e. The van der Waals surface area contributed by atoms with Gasteiger partial charge in [0, 0.05) is 0 Å². The Labute approximate surface area is 103 Å². The van der Waals surface area contributed by atoms with Crippen molar-refractivity contribution in [1.82, 2.24) is 4.98 Å². The van der Waals surface area contributed by atoms with Crippen LogP contribution in [0.4, 0.5) is 6.01 Å². The fraction of sp³-hybridized carbons (Fsp3) is 0.333. The van der Waals surface area contributed by atoms with Crippen LogP contribution in [0.1, 0.15) is 24.2 Å². The molecule has 18 heavy (non-hydrogen) atoms. The molecule has 0 aliphatic carbocycles. The highest BCUT2D eigenvalue weighted by atomic mass is 16.4. The van der Waals surface area contributed by atoms with E-state index in [1.807, 2.05) is 0 Å². The number of oxazole rings is 1. The number of rotatable bonds is 4. The van der Waals surface area contributed by atoms with Gasteiger partial charge in [-0.05, 0) is 32.0 Å². The average molecular weight is 250 g/mol. The molecule has 0 spiro atoms. The third-order valence-corrected chi connectivity index (χ3v) is 2.48. The highest BCUT2D eigenvalue weighted by Gasteiger charge is 2.19. The molecule has 0 saturated heterocycles. The number of carboxylic acid groups (broad SMARTS) is 1.